The van der Waals surface area contributed by atoms with Crippen molar-refractivity contribution >= 4 is 11.8 Å². The van der Waals surface area contributed by atoms with Crippen molar-refractivity contribution in [1.82, 2.24) is 25.2 Å². The average molecular weight is 531 g/mol. The number of halogens is 3. The number of anilines is 1. The first kappa shape index (κ1) is 26.3. The van der Waals surface area contributed by atoms with Gasteiger partial charge in [-0.2, -0.15) is 13.2 Å². The number of alkyl halides is 3. The van der Waals surface area contributed by atoms with Gasteiger partial charge in [0, 0.05) is 43.7 Å². The molecular weight excluding hydrogens is 497 g/mol. The Labute approximate surface area is 220 Å². The third-order valence-corrected chi connectivity index (χ3v) is 7.85. The average Bonchev–Trinajstić information content (AvgIpc) is 3.58. The summed E-state index contributed by atoms with van der Waals surface area (Å²) >= 11 is 0. The first-order chi connectivity index (χ1) is 18.1. The van der Waals surface area contributed by atoms with Crippen molar-refractivity contribution in [2.24, 2.45) is 11.8 Å². The third-order valence-electron chi connectivity index (χ3n) is 7.85. The number of hydrogen-bond acceptors (Lipinski definition) is 5. The molecule has 204 valence electrons. The van der Waals surface area contributed by atoms with E-state index in [-0.39, 0.29) is 18.5 Å². The maximum atomic E-state index is 12.9. The third kappa shape index (κ3) is 5.72. The molecule has 2 aromatic heterocycles. The van der Waals surface area contributed by atoms with Crippen molar-refractivity contribution in [1.29, 1.82) is 0 Å². The summed E-state index contributed by atoms with van der Waals surface area (Å²) in [6.45, 7) is 7.43. The number of pyridine rings is 1. The van der Waals surface area contributed by atoms with Gasteiger partial charge < -0.3 is 24.8 Å². The van der Waals surface area contributed by atoms with Crippen LogP contribution in [-0.2, 0) is 10.2 Å². The fraction of sp³-hybridized carbons (Fsp3) is 0.519. The molecule has 38 heavy (non-hydrogen) atoms. The molecule has 2 amide bonds. The Bertz CT molecular complexity index is 1210. The molecule has 2 N–H and O–H groups in total. The molecule has 0 aromatic carbocycles. The van der Waals surface area contributed by atoms with Gasteiger partial charge >= 0.3 is 12.2 Å². The molecule has 1 aliphatic carbocycles. The Morgan fingerprint density at radius 1 is 1.26 bits per heavy atom. The van der Waals surface area contributed by atoms with Crippen molar-refractivity contribution in [3.05, 3.63) is 54.1 Å². The number of allylic oxidation sites excluding steroid dienone is 3. The molecule has 8 nitrogen and oxygen atoms in total. The van der Waals surface area contributed by atoms with E-state index in [1.54, 1.807) is 12.5 Å². The van der Waals surface area contributed by atoms with Gasteiger partial charge in [0.25, 0.3) is 0 Å². The molecule has 2 saturated heterocycles. The van der Waals surface area contributed by atoms with E-state index in [0.717, 1.165) is 35.9 Å². The molecule has 4 heterocycles. The van der Waals surface area contributed by atoms with Crippen molar-refractivity contribution in [2.75, 3.05) is 44.3 Å². The molecule has 0 spiro atoms. The predicted octanol–water partition coefficient (Wildman–Crippen LogP) is 4.64. The van der Waals surface area contributed by atoms with Crippen LogP contribution >= 0.6 is 0 Å². The standard InChI is InChI=1S/C27H33F3N6O2/c1-18-3-4-21(33-25(37)36-6-5-19(16-36)13-27(28,29)30)14-26(18,2)20-11-22(23-15-31-17-32-23)34-24(12-20)35-7-9-38-10-8-35/h3-4,11-12,14-15,17-19H,5-10,13,16H2,1-2H3,(H,31,32)(H,33,37)/t18?,19-,26?/m0/s1. The van der Waals surface area contributed by atoms with E-state index < -0.39 is 23.9 Å². The Morgan fingerprint density at radius 3 is 2.76 bits per heavy atom. The minimum absolute atomic E-state index is 0.108. The number of imidazole rings is 1. The maximum Gasteiger partial charge on any atom is 0.389 e. The molecule has 0 bridgehead atoms. The summed E-state index contributed by atoms with van der Waals surface area (Å²) in [7, 11) is 0. The first-order valence-electron chi connectivity index (χ1n) is 13.0. The Kier molecular flexibility index (Phi) is 7.21. The Balaban J connectivity index is 1.40. The molecule has 3 aliphatic rings. The van der Waals surface area contributed by atoms with Gasteiger partial charge in [-0.3, -0.25) is 0 Å². The number of aromatic nitrogens is 3. The van der Waals surface area contributed by atoms with Gasteiger partial charge in [0.05, 0.1) is 37.1 Å². The van der Waals surface area contributed by atoms with Crippen molar-refractivity contribution in [3.63, 3.8) is 0 Å². The van der Waals surface area contributed by atoms with Crippen LogP contribution in [0.3, 0.4) is 0 Å². The van der Waals surface area contributed by atoms with E-state index in [0.29, 0.717) is 31.9 Å². The number of likely N-dealkylation sites (tertiary alicyclic amines) is 1. The van der Waals surface area contributed by atoms with Crippen LogP contribution in [0.2, 0.25) is 0 Å². The van der Waals surface area contributed by atoms with Gasteiger partial charge in [0.1, 0.15) is 5.82 Å². The molecule has 0 saturated carbocycles. The smallest absolute Gasteiger partial charge is 0.378 e. The van der Waals surface area contributed by atoms with Crippen LogP contribution < -0.4 is 10.2 Å². The van der Waals surface area contributed by atoms with Gasteiger partial charge in [0.15, 0.2) is 0 Å². The number of H-pyrrole nitrogens is 1. The number of hydrogen-bond donors (Lipinski definition) is 2. The zero-order chi connectivity index (χ0) is 26.9. The van der Waals surface area contributed by atoms with Gasteiger partial charge in [-0.05, 0) is 48.1 Å². The van der Waals surface area contributed by atoms with E-state index in [1.807, 2.05) is 18.2 Å². The number of urea groups is 1. The molecule has 5 rings (SSSR count). The van der Waals surface area contributed by atoms with E-state index in [9.17, 15) is 18.0 Å². The normalized spacial score (nSPS) is 26.0. The summed E-state index contributed by atoms with van der Waals surface area (Å²) in [6, 6.07) is 3.77. The fourth-order valence-electron chi connectivity index (χ4n) is 5.40. The number of carbonyl (C=O) groups is 1. The highest BCUT2D eigenvalue weighted by Crippen LogP contribution is 2.40. The number of amides is 2. The molecule has 2 aromatic rings. The summed E-state index contributed by atoms with van der Waals surface area (Å²) in [4.78, 5) is 28.8. The lowest BCUT2D eigenvalue weighted by Gasteiger charge is -2.37. The molecule has 0 radical (unpaired) electrons. The summed E-state index contributed by atoms with van der Waals surface area (Å²) in [5.74, 6) is 0.407. The van der Waals surface area contributed by atoms with Gasteiger partial charge in [-0.1, -0.05) is 19.9 Å². The number of nitrogens with zero attached hydrogens (tertiary/aromatic N) is 4. The highest BCUT2D eigenvalue weighted by molar-refractivity contribution is 5.77. The summed E-state index contributed by atoms with van der Waals surface area (Å²) < 4.78 is 43.9. The number of carbonyl (C=O) groups excluding carboxylic acids is 1. The lowest BCUT2D eigenvalue weighted by atomic mass is 9.70. The second-order valence-corrected chi connectivity index (χ2v) is 10.5. The van der Waals surface area contributed by atoms with Crippen LogP contribution in [0.4, 0.5) is 23.8 Å². The second kappa shape index (κ2) is 10.4. The van der Waals surface area contributed by atoms with Gasteiger partial charge in [0.2, 0.25) is 0 Å². The minimum Gasteiger partial charge on any atom is -0.378 e. The van der Waals surface area contributed by atoms with Crippen LogP contribution in [-0.4, -0.2) is 71.5 Å². The Morgan fingerprint density at radius 2 is 2.05 bits per heavy atom. The van der Waals surface area contributed by atoms with E-state index in [2.05, 4.69) is 46.2 Å². The van der Waals surface area contributed by atoms with Crippen molar-refractivity contribution in [3.8, 4) is 11.4 Å². The summed E-state index contributed by atoms with van der Waals surface area (Å²) in [6.07, 6.45) is 4.60. The topological polar surface area (TPSA) is 86.4 Å². The quantitative estimate of drug-likeness (QED) is 0.588. The highest BCUT2D eigenvalue weighted by atomic mass is 19.4. The summed E-state index contributed by atoms with van der Waals surface area (Å²) in [5, 5.41) is 2.93. The fourth-order valence-corrected chi connectivity index (χ4v) is 5.40. The number of nitrogens with one attached hydrogen (secondary N) is 2. The molecule has 11 heteroatoms. The van der Waals surface area contributed by atoms with Crippen LogP contribution in [0.5, 0.6) is 0 Å². The Hall–Kier alpha value is -3.34. The van der Waals surface area contributed by atoms with E-state index in [1.165, 1.54) is 4.90 Å². The number of aromatic amines is 1. The number of ether oxygens (including phenoxy) is 1. The molecular formula is C27H33F3N6O2. The van der Waals surface area contributed by atoms with Crippen LogP contribution in [0.25, 0.3) is 11.4 Å². The zero-order valence-corrected chi connectivity index (χ0v) is 21.6. The zero-order valence-electron chi connectivity index (χ0n) is 21.6. The maximum absolute atomic E-state index is 12.9. The van der Waals surface area contributed by atoms with Crippen LogP contribution in [0.15, 0.2) is 48.6 Å². The number of morpholine rings is 1. The monoisotopic (exact) mass is 530 g/mol. The van der Waals surface area contributed by atoms with Crippen LogP contribution in [0, 0.1) is 11.8 Å². The summed E-state index contributed by atoms with van der Waals surface area (Å²) in [5.41, 5.74) is 2.77. The van der Waals surface area contributed by atoms with Crippen LogP contribution in [0.1, 0.15) is 32.3 Å². The number of rotatable bonds is 5. The molecule has 2 fully saturated rings. The SMILES string of the molecule is CC1C=CC(NC(=O)N2CC[C@@H](CC(F)(F)F)C2)=CC1(C)c1cc(-c2cnc[nH]2)nc(N2CCOCC2)c1. The second-order valence-electron chi connectivity index (χ2n) is 10.5. The molecule has 2 unspecified atom stereocenters. The van der Waals surface area contributed by atoms with E-state index in [4.69, 9.17) is 9.72 Å². The lowest BCUT2D eigenvalue weighted by molar-refractivity contribution is -0.143. The molecule has 3 atom stereocenters. The van der Waals surface area contributed by atoms with E-state index >= 15 is 0 Å². The largest absolute Gasteiger partial charge is 0.389 e. The van der Waals surface area contributed by atoms with Crippen molar-refractivity contribution in [2.45, 2.75) is 38.3 Å². The van der Waals surface area contributed by atoms with Gasteiger partial charge in [-0.15, -0.1) is 0 Å². The highest BCUT2D eigenvalue weighted by Gasteiger charge is 2.38. The minimum atomic E-state index is -4.22. The first-order valence-corrected chi connectivity index (χ1v) is 13.0. The lowest BCUT2D eigenvalue weighted by Crippen LogP contribution is -2.40. The predicted molar refractivity (Wildman–Crippen MR) is 137 cm³/mol. The molecule has 2 aliphatic heterocycles. The van der Waals surface area contributed by atoms with Gasteiger partial charge in [-0.25, -0.2) is 14.8 Å². The van der Waals surface area contributed by atoms with Crippen molar-refractivity contribution < 1.29 is 22.7 Å².